The molecule has 2 aliphatic rings. The molecule has 0 bridgehead atoms. The molecular formula is C22H30F3N3O5. The predicted molar refractivity (Wildman–Crippen MR) is 113 cm³/mol. The molecule has 2 fully saturated rings. The monoisotopic (exact) mass is 473 g/mol. The van der Waals surface area contributed by atoms with Crippen molar-refractivity contribution in [2.75, 3.05) is 26.8 Å². The van der Waals surface area contributed by atoms with E-state index >= 15 is 0 Å². The summed E-state index contributed by atoms with van der Waals surface area (Å²) in [5.74, 6) is -1.46. The molecule has 2 saturated heterocycles. The van der Waals surface area contributed by atoms with Crippen LogP contribution in [0, 0.1) is 0 Å². The molecule has 3 rings (SSSR count). The van der Waals surface area contributed by atoms with E-state index in [0.717, 1.165) is 35.7 Å². The van der Waals surface area contributed by atoms with Gasteiger partial charge < -0.3 is 24.8 Å². The second kappa shape index (κ2) is 10.6. The lowest BCUT2D eigenvalue weighted by Gasteiger charge is -2.36. The maximum Gasteiger partial charge on any atom is 0.471 e. The molecule has 0 radical (unpaired) electrons. The zero-order valence-corrected chi connectivity index (χ0v) is 18.7. The molecule has 8 nitrogen and oxygen atoms in total. The van der Waals surface area contributed by atoms with Crippen LogP contribution in [0.4, 0.5) is 18.0 Å². The number of ether oxygens (including phenoxy) is 2. The average Bonchev–Trinajstić information content (AvgIpc) is 3.12. The number of nitrogens with one attached hydrogen (secondary N) is 1. The molecule has 184 valence electrons. The molecule has 2 heterocycles. The molecular weight excluding hydrogens is 443 g/mol. The van der Waals surface area contributed by atoms with Crippen LogP contribution in [0.3, 0.4) is 0 Å². The third-order valence-electron chi connectivity index (χ3n) is 6.28. The zero-order valence-electron chi connectivity index (χ0n) is 18.7. The first-order valence-electron chi connectivity index (χ1n) is 11.0. The largest absolute Gasteiger partial charge is 0.497 e. The summed E-state index contributed by atoms with van der Waals surface area (Å²) < 4.78 is 51.7. The number of alkyl halides is 3. The van der Waals surface area contributed by atoms with Crippen molar-refractivity contribution in [2.45, 2.75) is 63.1 Å². The van der Waals surface area contributed by atoms with Gasteiger partial charge >= 0.3 is 18.2 Å². The first-order chi connectivity index (χ1) is 15.6. The van der Waals surface area contributed by atoms with Gasteiger partial charge in [-0.15, -0.1) is 0 Å². The number of methoxy groups -OCH3 is 1. The van der Waals surface area contributed by atoms with Crippen LogP contribution in [-0.2, 0) is 16.1 Å². The van der Waals surface area contributed by atoms with Gasteiger partial charge in [0.1, 0.15) is 5.75 Å². The molecule has 0 spiro atoms. The van der Waals surface area contributed by atoms with Gasteiger partial charge in [0.05, 0.1) is 31.9 Å². The summed E-state index contributed by atoms with van der Waals surface area (Å²) in [6.07, 6.45) is -4.88. The van der Waals surface area contributed by atoms with Gasteiger partial charge in [-0.3, -0.25) is 9.69 Å². The molecule has 0 saturated carbocycles. The van der Waals surface area contributed by atoms with E-state index in [1.54, 1.807) is 31.2 Å². The quantitative estimate of drug-likeness (QED) is 0.633. The van der Waals surface area contributed by atoms with Crippen LogP contribution in [0.2, 0.25) is 0 Å². The number of benzene rings is 1. The van der Waals surface area contributed by atoms with Gasteiger partial charge in [0, 0.05) is 12.6 Å². The van der Waals surface area contributed by atoms with Crippen molar-refractivity contribution in [3.63, 3.8) is 0 Å². The molecule has 2 N–H and O–H groups in total. The maximum atomic E-state index is 13.6. The number of carbonyl (C=O) groups is 2. The number of carboxylic acid groups (broad SMARTS) is 1. The van der Waals surface area contributed by atoms with Gasteiger partial charge in [-0.05, 0) is 57.0 Å². The van der Waals surface area contributed by atoms with Crippen LogP contribution >= 0.6 is 0 Å². The summed E-state index contributed by atoms with van der Waals surface area (Å²) in [6, 6.07) is 3.93. The summed E-state index contributed by atoms with van der Waals surface area (Å²) in [6.45, 7) is 2.77. The Bertz CT molecular complexity index is 814. The smallest absolute Gasteiger partial charge is 0.471 e. The van der Waals surface area contributed by atoms with Crippen LogP contribution in [0.25, 0.3) is 0 Å². The van der Waals surface area contributed by atoms with Crippen molar-refractivity contribution in [3.05, 3.63) is 29.8 Å². The maximum absolute atomic E-state index is 13.6. The highest BCUT2D eigenvalue weighted by Gasteiger charge is 2.51. The zero-order chi connectivity index (χ0) is 24.2. The Hall–Kier alpha value is -2.53. The Morgan fingerprint density at radius 2 is 1.85 bits per heavy atom. The summed E-state index contributed by atoms with van der Waals surface area (Å²) in [5, 5.41) is 13.0. The summed E-state index contributed by atoms with van der Waals surface area (Å²) in [4.78, 5) is 26.3. The Balaban J connectivity index is 1.88. The second-order valence-electron chi connectivity index (χ2n) is 8.47. The minimum absolute atomic E-state index is 0.0732. The van der Waals surface area contributed by atoms with Crippen molar-refractivity contribution in [1.82, 2.24) is 15.1 Å². The molecule has 0 aromatic heterocycles. The molecule has 3 atom stereocenters. The van der Waals surface area contributed by atoms with Crippen molar-refractivity contribution >= 4 is 12.0 Å². The van der Waals surface area contributed by atoms with E-state index < -0.39 is 36.3 Å². The van der Waals surface area contributed by atoms with Crippen LogP contribution < -0.4 is 10.1 Å². The Labute approximate surface area is 190 Å². The Morgan fingerprint density at radius 1 is 1.21 bits per heavy atom. The van der Waals surface area contributed by atoms with E-state index in [0.29, 0.717) is 11.3 Å². The van der Waals surface area contributed by atoms with E-state index in [2.05, 4.69) is 5.32 Å². The number of piperidine rings is 1. The number of amides is 2. The normalized spacial score (nSPS) is 24.0. The predicted octanol–water partition coefficient (Wildman–Crippen LogP) is 2.86. The van der Waals surface area contributed by atoms with Gasteiger partial charge in [-0.1, -0.05) is 12.1 Å². The highest BCUT2D eigenvalue weighted by atomic mass is 19.4. The minimum atomic E-state index is -5.09. The van der Waals surface area contributed by atoms with Crippen LogP contribution in [0.15, 0.2) is 24.3 Å². The lowest BCUT2D eigenvalue weighted by molar-refractivity contribution is -0.189. The molecule has 1 aromatic carbocycles. The van der Waals surface area contributed by atoms with Gasteiger partial charge in [0.2, 0.25) is 0 Å². The van der Waals surface area contributed by atoms with E-state index in [-0.39, 0.29) is 25.7 Å². The molecule has 2 amide bonds. The first-order valence-corrected chi connectivity index (χ1v) is 11.0. The van der Waals surface area contributed by atoms with Gasteiger partial charge in [0.15, 0.2) is 0 Å². The average molecular weight is 473 g/mol. The fourth-order valence-corrected chi connectivity index (χ4v) is 4.62. The molecule has 0 aliphatic carbocycles. The minimum Gasteiger partial charge on any atom is -0.497 e. The molecule has 33 heavy (non-hydrogen) atoms. The van der Waals surface area contributed by atoms with Gasteiger partial charge in [-0.2, -0.15) is 13.2 Å². The number of nitrogens with zero attached hydrogens (tertiary/aromatic N) is 2. The Kier molecular flexibility index (Phi) is 8.06. The standard InChI is InChI=1S/C22H30F3N3O5/c1-14-11-18(19(28(14)21(30)31)13-33-17-7-9-26-10-8-17)27(20(29)22(23,24)25)12-15-3-5-16(32-2)6-4-15/h3-6,14,17-19,26H,7-13H2,1-2H3,(H,30,31)/t14-,18+,19+/m1/s1. The van der Waals surface area contributed by atoms with Crippen molar-refractivity contribution in [2.24, 2.45) is 0 Å². The van der Waals surface area contributed by atoms with Crippen molar-refractivity contribution in [3.8, 4) is 5.75 Å². The second-order valence-corrected chi connectivity index (χ2v) is 8.47. The van der Waals surface area contributed by atoms with Gasteiger partial charge in [0.25, 0.3) is 0 Å². The number of hydrogen-bond acceptors (Lipinski definition) is 5. The first kappa shape index (κ1) is 25.1. The van der Waals surface area contributed by atoms with E-state index in [4.69, 9.17) is 9.47 Å². The number of likely N-dealkylation sites (tertiary alicyclic amines) is 1. The molecule has 11 heteroatoms. The third-order valence-corrected chi connectivity index (χ3v) is 6.28. The topological polar surface area (TPSA) is 91.3 Å². The van der Waals surface area contributed by atoms with Crippen molar-refractivity contribution < 1.29 is 37.3 Å². The van der Waals surface area contributed by atoms with Crippen LogP contribution in [0.5, 0.6) is 5.75 Å². The number of halogens is 3. The molecule has 1 aromatic rings. The number of hydrogen-bond donors (Lipinski definition) is 2. The highest BCUT2D eigenvalue weighted by molar-refractivity contribution is 5.82. The van der Waals surface area contributed by atoms with E-state index in [1.165, 1.54) is 7.11 Å². The van der Waals surface area contributed by atoms with E-state index in [9.17, 15) is 27.9 Å². The summed E-state index contributed by atoms with van der Waals surface area (Å²) in [5.41, 5.74) is 0.479. The fraction of sp³-hybridized carbons (Fsp3) is 0.636. The Morgan fingerprint density at radius 3 is 2.39 bits per heavy atom. The third kappa shape index (κ3) is 6.08. The SMILES string of the molecule is COc1ccc(CN(C(=O)C(F)(F)F)[C@H]2C[C@@H](C)N(C(=O)O)[C@H]2COC2CCNCC2)cc1. The molecule has 2 aliphatic heterocycles. The lowest BCUT2D eigenvalue weighted by atomic mass is 10.0. The van der Waals surface area contributed by atoms with E-state index in [1.807, 2.05) is 0 Å². The van der Waals surface area contributed by atoms with Gasteiger partial charge in [-0.25, -0.2) is 4.79 Å². The van der Waals surface area contributed by atoms with Crippen LogP contribution in [-0.4, -0.2) is 84.1 Å². The number of carbonyl (C=O) groups excluding carboxylic acids is 1. The highest BCUT2D eigenvalue weighted by Crippen LogP contribution is 2.33. The fourth-order valence-electron chi connectivity index (χ4n) is 4.62. The van der Waals surface area contributed by atoms with Crippen LogP contribution in [0.1, 0.15) is 31.7 Å². The lowest BCUT2D eigenvalue weighted by Crippen LogP contribution is -2.54. The summed E-state index contributed by atoms with van der Waals surface area (Å²) >= 11 is 0. The van der Waals surface area contributed by atoms with Crippen molar-refractivity contribution in [1.29, 1.82) is 0 Å². The molecule has 0 unspecified atom stereocenters. The number of rotatable bonds is 7. The summed E-state index contributed by atoms with van der Waals surface area (Å²) in [7, 11) is 1.47.